The van der Waals surface area contributed by atoms with Gasteiger partial charge < -0.3 is 20.2 Å². The fraction of sp³-hybridized carbons (Fsp3) is 0.143. The van der Waals surface area contributed by atoms with Crippen LogP contribution in [0.4, 0.5) is 48.3 Å². The summed E-state index contributed by atoms with van der Waals surface area (Å²) in [6, 6.07) is 6.62. The number of aromatic nitrogens is 2. The van der Waals surface area contributed by atoms with Gasteiger partial charge in [0.2, 0.25) is 5.88 Å². The van der Waals surface area contributed by atoms with Crippen molar-refractivity contribution >= 4 is 45.1 Å². The molecule has 0 aliphatic heterocycles. The third-order valence-electron chi connectivity index (χ3n) is 4.29. The number of halogens is 7. The Morgan fingerprint density at radius 2 is 1.73 bits per heavy atom. The van der Waals surface area contributed by atoms with E-state index in [4.69, 9.17) is 4.74 Å². The van der Waals surface area contributed by atoms with Crippen LogP contribution in [-0.2, 0) is 15.8 Å². The van der Waals surface area contributed by atoms with Gasteiger partial charge in [-0.15, -0.1) is 5.06 Å². The summed E-state index contributed by atoms with van der Waals surface area (Å²) in [5.74, 6) is -2.13. The summed E-state index contributed by atoms with van der Waals surface area (Å²) in [4.78, 5) is 36.2. The molecule has 1 aromatic heterocycles. The van der Waals surface area contributed by atoms with Crippen molar-refractivity contribution in [2.45, 2.75) is 12.4 Å². The summed E-state index contributed by atoms with van der Waals surface area (Å²) in [5.41, 5.74) is -1.95. The van der Waals surface area contributed by atoms with Crippen LogP contribution >= 0.6 is 15.9 Å². The zero-order valence-corrected chi connectivity index (χ0v) is 19.9. The zero-order chi connectivity index (χ0) is 27.4. The van der Waals surface area contributed by atoms with Gasteiger partial charge in [0, 0.05) is 18.8 Å². The first-order valence-corrected chi connectivity index (χ1v) is 10.6. The summed E-state index contributed by atoms with van der Waals surface area (Å²) in [5, 5.41) is 4.68. The van der Waals surface area contributed by atoms with E-state index < -0.39 is 41.3 Å². The lowest BCUT2D eigenvalue weighted by atomic mass is 10.2. The average Bonchev–Trinajstić information content (AvgIpc) is 2.82. The average molecular weight is 594 g/mol. The Hall–Kier alpha value is -4.08. The van der Waals surface area contributed by atoms with Gasteiger partial charge in [0.05, 0.1) is 15.7 Å². The number of carbonyl (C=O) groups excluding carboxylic acids is 2. The molecule has 16 heteroatoms. The van der Waals surface area contributed by atoms with Crippen LogP contribution in [-0.4, -0.2) is 35.2 Å². The summed E-state index contributed by atoms with van der Waals surface area (Å²) < 4.78 is 83.1. The molecule has 0 atom stereocenters. The van der Waals surface area contributed by atoms with Crippen LogP contribution in [0.1, 0.15) is 5.56 Å². The molecule has 3 rings (SSSR count). The number of anilines is 3. The van der Waals surface area contributed by atoms with E-state index in [1.165, 1.54) is 18.5 Å². The summed E-state index contributed by atoms with van der Waals surface area (Å²) in [7, 11) is 1.61. The molecule has 0 saturated heterocycles. The van der Waals surface area contributed by atoms with Crippen LogP contribution in [0.3, 0.4) is 0 Å². The number of rotatable bonds is 5. The third kappa shape index (κ3) is 7.22. The lowest BCUT2D eigenvalue weighted by molar-refractivity contribution is -0.199. The van der Waals surface area contributed by atoms with E-state index in [0.29, 0.717) is 11.9 Å². The Bertz CT molecular complexity index is 1300. The van der Waals surface area contributed by atoms with Crippen LogP contribution in [0.2, 0.25) is 0 Å². The van der Waals surface area contributed by atoms with Gasteiger partial charge in [-0.05, 0) is 52.3 Å². The maximum atomic E-state index is 13.0. The molecule has 37 heavy (non-hydrogen) atoms. The number of benzene rings is 2. The number of amides is 2. The van der Waals surface area contributed by atoms with Gasteiger partial charge in [-0.2, -0.15) is 26.3 Å². The molecule has 3 aromatic rings. The molecule has 0 aliphatic rings. The predicted octanol–water partition coefficient (Wildman–Crippen LogP) is 6.15. The van der Waals surface area contributed by atoms with Gasteiger partial charge in [0.1, 0.15) is 17.9 Å². The number of carbonyl (C=O) groups is 2. The minimum atomic E-state index is -5.48. The highest BCUT2D eigenvalue weighted by Crippen LogP contribution is 2.34. The molecule has 2 N–H and O–H groups in total. The van der Waals surface area contributed by atoms with Gasteiger partial charge in [-0.1, -0.05) is 6.07 Å². The number of urea groups is 1. The number of hydroxylamine groups is 1. The van der Waals surface area contributed by atoms with Crippen molar-refractivity contribution in [3.05, 3.63) is 64.9 Å². The maximum absolute atomic E-state index is 13.0. The van der Waals surface area contributed by atoms with Crippen LogP contribution < -0.4 is 20.4 Å². The molecule has 196 valence electrons. The van der Waals surface area contributed by atoms with Gasteiger partial charge in [-0.25, -0.2) is 19.6 Å². The quantitative estimate of drug-likeness (QED) is 0.270. The summed E-state index contributed by atoms with van der Waals surface area (Å²) >= 11 is 3.13. The molecule has 0 radical (unpaired) electrons. The normalized spacial score (nSPS) is 11.5. The van der Waals surface area contributed by atoms with Gasteiger partial charge in [0.15, 0.2) is 0 Å². The minimum absolute atomic E-state index is 0.0611. The SMILES string of the molecule is CNc1cc(Oc2ccc(N(OC(=O)C(F)(F)F)C(=O)Nc3cccc(C(F)(F)F)c3)cc2Br)ncn1. The topological polar surface area (TPSA) is 106 Å². The number of hydrogen-bond donors (Lipinski definition) is 2. The van der Waals surface area contributed by atoms with Crippen LogP contribution in [0.15, 0.2) is 59.3 Å². The van der Waals surface area contributed by atoms with Crippen molar-refractivity contribution in [2.24, 2.45) is 0 Å². The van der Waals surface area contributed by atoms with Crippen molar-refractivity contribution < 1.29 is 45.5 Å². The fourth-order valence-electron chi connectivity index (χ4n) is 2.64. The Kier molecular flexibility index (Phi) is 8.10. The first kappa shape index (κ1) is 27.5. The van der Waals surface area contributed by atoms with E-state index in [0.717, 1.165) is 30.3 Å². The van der Waals surface area contributed by atoms with E-state index in [1.807, 2.05) is 5.32 Å². The molecular formula is C21H14BrF6N5O4. The molecular weight excluding hydrogens is 580 g/mol. The largest absolute Gasteiger partial charge is 0.493 e. The van der Waals surface area contributed by atoms with Crippen LogP contribution in [0, 0.1) is 0 Å². The van der Waals surface area contributed by atoms with Crippen molar-refractivity contribution in [1.82, 2.24) is 9.97 Å². The molecule has 0 spiro atoms. The van der Waals surface area contributed by atoms with Gasteiger partial charge in [0.25, 0.3) is 0 Å². The van der Waals surface area contributed by atoms with Crippen molar-refractivity contribution in [3.8, 4) is 11.6 Å². The molecule has 0 bridgehead atoms. The molecule has 0 saturated carbocycles. The fourth-order valence-corrected chi connectivity index (χ4v) is 3.08. The Labute approximate surface area is 212 Å². The Balaban J connectivity index is 1.90. The number of hydrogen-bond acceptors (Lipinski definition) is 7. The van der Waals surface area contributed by atoms with Crippen molar-refractivity contribution in [1.29, 1.82) is 0 Å². The van der Waals surface area contributed by atoms with Crippen LogP contribution in [0.5, 0.6) is 11.6 Å². The molecule has 1 heterocycles. The van der Waals surface area contributed by atoms with Gasteiger partial charge >= 0.3 is 24.4 Å². The summed E-state index contributed by atoms with van der Waals surface area (Å²) in [6.45, 7) is 0. The van der Waals surface area contributed by atoms with E-state index in [1.54, 1.807) is 7.05 Å². The Morgan fingerprint density at radius 3 is 2.35 bits per heavy atom. The lowest BCUT2D eigenvalue weighted by Gasteiger charge is -2.23. The van der Waals surface area contributed by atoms with E-state index >= 15 is 0 Å². The summed E-state index contributed by atoms with van der Waals surface area (Å²) in [6.07, 6.45) is -9.02. The lowest BCUT2D eigenvalue weighted by Crippen LogP contribution is -2.41. The van der Waals surface area contributed by atoms with Crippen LogP contribution in [0.25, 0.3) is 0 Å². The van der Waals surface area contributed by atoms with Crippen molar-refractivity contribution in [3.63, 3.8) is 0 Å². The molecule has 9 nitrogen and oxygen atoms in total. The second-order valence-electron chi connectivity index (χ2n) is 6.89. The highest BCUT2D eigenvalue weighted by molar-refractivity contribution is 9.10. The smallest absolute Gasteiger partial charge is 0.438 e. The number of nitrogens with zero attached hydrogens (tertiary/aromatic N) is 3. The highest BCUT2D eigenvalue weighted by Gasteiger charge is 2.44. The monoisotopic (exact) mass is 593 g/mol. The number of alkyl halides is 6. The molecule has 0 unspecified atom stereocenters. The molecule has 0 aliphatic carbocycles. The molecule has 2 aromatic carbocycles. The zero-order valence-electron chi connectivity index (χ0n) is 18.3. The van der Waals surface area contributed by atoms with E-state index in [9.17, 15) is 35.9 Å². The number of ether oxygens (including phenoxy) is 1. The van der Waals surface area contributed by atoms with E-state index in [-0.39, 0.29) is 21.2 Å². The molecule has 2 amide bonds. The maximum Gasteiger partial charge on any atom is 0.493 e. The second kappa shape index (κ2) is 10.9. The minimum Gasteiger partial charge on any atom is -0.438 e. The van der Waals surface area contributed by atoms with Crippen molar-refractivity contribution in [2.75, 3.05) is 22.7 Å². The number of nitrogens with one attached hydrogen (secondary N) is 2. The highest BCUT2D eigenvalue weighted by atomic mass is 79.9. The second-order valence-corrected chi connectivity index (χ2v) is 7.74. The standard InChI is InChI=1S/C21H14BrF6N5O4/c1-29-16-9-17(31-10-30-16)36-15-6-5-13(8-14(15)22)33(37-18(34)21(26,27)28)19(35)32-12-4-2-3-11(7-12)20(23,24)25/h2-10H,1H3,(H,32,35)(H,29,30,31). The third-order valence-corrected chi connectivity index (χ3v) is 4.91. The molecule has 0 fully saturated rings. The first-order valence-electron chi connectivity index (χ1n) is 9.82. The Morgan fingerprint density at radius 1 is 1.00 bits per heavy atom. The predicted molar refractivity (Wildman–Crippen MR) is 121 cm³/mol. The van der Waals surface area contributed by atoms with Gasteiger partial charge in [-0.3, -0.25) is 0 Å². The first-order chi connectivity index (χ1) is 17.3. The van der Waals surface area contributed by atoms with E-state index in [2.05, 4.69) is 36.1 Å².